The van der Waals surface area contributed by atoms with Crippen molar-refractivity contribution in [2.75, 3.05) is 6.54 Å². The van der Waals surface area contributed by atoms with Crippen molar-refractivity contribution in [3.63, 3.8) is 0 Å². The lowest BCUT2D eigenvalue weighted by Crippen LogP contribution is -2.53. The van der Waals surface area contributed by atoms with E-state index in [-0.39, 0.29) is 23.3 Å². The van der Waals surface area contributed by atoms with Gasteiger partial charge in [-0.25, -0.2) is 17.9 Å². The molecule has 1 aromatic rings. The van der Waals surface area contributed by atoms with Crippen LogP contribution in [0.25, 0.3) is 0 Å². The number of benzene rings is 1. The first-order valence-corrected chi connectivity index (χ1v) is 10.3. The Labute approximate surface area is 166 Å². The standard InChI is InChI=1S/C17H22F3N3O5S/c1-3-5-11(28-15(25)17(18,19)20)14(24)23-29(26,27)12-7-4-6-10-8-9-22-16(2,21)13(10)12/h4,6-7,11,22H,3,5,8-9,21H2,1-2H3,(H,23,24)/t11?,16-/m0/s1. The molecule has 1 aliphatic heterocycles. The van der Waals surface area contributed by atoms with Crippen LogP contribution in [-0.4, -0.2) is 39.1 Å². The van der Waals surface area contributed by atoms with Gasteiger partial charge < -0.3 is 10.5 Å². The molecular formula is C17H22F3N3O5S. The summed E-state index contributed by atoms with van der Waals surface area (Å²) in [6, 6.07) is 4.42. The second-order valence-electron chi connectivity index (χ2n) is 6.82. The molecule has 1 heterocycles. The van der Waals surface area contributed by atoms with Gasteiger partial charge in [-0.05, 0) is 31.4 Å². The number of carbonyl (C=O) groups excluding carboxylic acids is 2. The Morgan fingerprint density at radius 3 is 2.62 bits per heavy atom. The highest BCUT2D eigenvalue weighted by Crippen LogP contribution is 2.30. The van der Waals surface area contributed by atoms with Gasteiger partial charge in [-0.2, -0.15) is 13.2 Å². The van der Waals surface area contributed by atoms with Gasteiger partial charge in [0.15, 0.2) is 6.10 Å². The van der Waals surface area contributed by atoms with Crippen LogP contribution >= 0.6 is 0 Å². The first kappa shape index (κ1) is 23.1. The third-order valence-corrected chi connectivity index (χ3v) is 5.76. The van der Waals surface area contributed by atoms with E-state index in [1.54, 1.807) is 17.7 Å². The van der Waals surface area contributed by atoms with Crippen molar-refractivity contribution in [3.8, 4) is 0 Å². The predicted octanol–water partition coefficient (Wildman–Crippen LogP) is 1.04. The van der Waals surface area contributed by atoms with Crippen LogP contribution in [0.15, 0.2) is 23.1 Å². The Balaban J connectivity index is 2.33. The van der Waals surface area contributed by atoms with Crippen LogP contribution in [0, 0.1) is 0 Å². The van der Waals surface area contributed by atoms with E-state index in [1.807, 2.05) is 0 Å². The maximum atomic E-state index is 12.8. The largest absolute Gasteiger partial charge is 0.490 e. The van der Waals surface area contributed by atoms with Crippen molar-refractivity contribution >= 4 is 21.9 Å². The van der Waals surface area contributed by atoms with E-state index in [1.165, 1.54) is 19.1 Å². The number of nitrogens with one attached hydrogen (secondary N) is 2. The van der Waals surface area contributed by atoms with Gasteiger partial charge in [-0.15, -0.1) is 0 Å². The summed E-state index contributed by atoms with van der Waals surface area (Å²) in [5.74, 6) is -3.94. The highest BCUT2D eigenvalue weighted by Gasteiger charge is 2.44. The highest BCUT2D eigenvalue weighted by molar-refractivity contribution is 7.90. The Hall–Kier alpha value is -2.18. The fourth-order valence-corrected chi connectivity index (χ4v) is 4.47. The van der Waals surface area contributed by atoms with Gasteiger partial charge >= 0.3 is 12.1 Å². The van der Waals surface area contributed by atoms with Crippen molar-refractivity contribution in [2.45, 2.75) is 55.9 Å². The summed E-state index contributed by atoms with van der Waals surface area (Å²) >= 11 is 0. The number of rotatable bonds is 6. The Morgan fingerprint density at radius 2 is 2.03 bits per heavy atom. The van der Waals surface area contributed by atoms with Gasteiger partial charge in [0.2, 0.25) is 0 Å². The molecule has 1 aromatic carbocycles. The van der Waals surface area contributed by atoms with Crippen LogP contribution in [0.2, 0.25) is 0 Å². The summed E-state index contributed by atoms with van der Waals surface area (Å²) in [5, 5.41) is 2.97. The molecule has 4 N–H and O–H groups in total. The molecule has 0 bridgehead atoms. The number of esters is 1. The number of amides is 1. The van der Waals surface area contributed by atoms with Gasteiger partial charge in [-0.1, -0.05) is 25.5 Å². The molecule has 0 saturated carbocycles. The lowest BCUT2D eigenvalue weighted by molar-refractivity contribution is -0.205. The SMILES string of the molecule is CCCC(OC(=O)C(F)(F)F)C(=O)NS(=O)(=O)c1cccc2c1[C@@](C)(N)NCC2. The summed E-state index contributed by atoms with van der Waals surface area (Å²) in [6.07, 6.45) is -6.83. The molecule has 162 valence electrons. The molecule has 0 radical (unpaired) electrons. The normalized spacial score (nSPS) is 20.5. The van der Waals surface area contributed by atoms with Crippen LogP contribution < -0.4 is 15.8 Å². The molecule has 1 amide bonds. The number of halogens is 3. The summed E-state index contributed by atoms with van der Waals surface area (Å²) in [5.41, 5.74) is 5.88. The van der Waals surface area contributed by atoms with Crippen LogP contribution in [-0.2, 0) is 36.4 Å². The molecule has 1 unspecified atom stereocenters. The summed E-state index contributed by atoms with van der Waals surface area (Å²) in [7, 11) is -4.50. The number of hydrogen-bond acceptors (Lipinski definition) is 7. The number of hydrogen-bond donors (Lipinski definition) is 3. The van der Waals surface area contributed by atoms with Gasteiger partial charge in [0.1, 0.15) is 0 Å². The molecule has 8 nitrogen and oxygen atoms in total. The van der Waals surface area contributed by atoms with Gasteiger partial charge in [0, 0.05) is 12.1 Å². The summed E-state index contributed by atoms with van der Waals surface area (Å²) < 4.78 is 68.8. The Morgan fingerprint density at radius 1 is 1.38 bits per heavy atom. The lowest BCUT2D eigenvalue weighted by atomic mass is 9.91. The van der Waals surface area contributed by atoms with E-state index < -0.39 is 39.8 Å². The average molecular weight is 437 g/mol. The molecular weight excluding hydrogens is 415 g/mol. The number of alkyl halides is 3. The fraction of sp³-hybridized carbons (Fsp3) is 0.529. The van der Waals surface area contributed by atoms with Crippen LogP contribution in [0.5, 0.6) is 0 Å². The highest BCUT2D eigenvalue weighted by atomic mass is 32.2. The first-order chi connectivity index (χ1) is 13.3. The molecule has 0 spiro atoms. The molecule has 0 aromatic heterocycles. The minimum absolute atomic E-state index is 0.175. The van der Waals surface area contributed by atoms with E-state index in [0.29, 0.717) is 18.5 Å². The number of sulfonamides is 1. The molecule has 2 atom stereocenters. The maximum Gasteiger partial charge on any atom is 0.490 e. The van der Waals surface area contributed by atoms with E-state index in [9.17, 15) is 31.2 Å². The second kappa shape index (κ2) is 8.28. The summed E-state index contributed by atoms with van der Waals surface area (Å²) in [6.45, 7) is 3.62. The van der Waals surface area contributed by atoms with Crippen LogP contribution in [0.4, 0.5) is 13.2 Å². The van der Waals surface area contributed by atoms with Gasteiger partial charge in [0.05, 0.1) is 10.6 Å². The smallest absolute Gasteiger partial charge is 0.446 e. The third kappa shape index (κ3) is 5.25. The van der Waals surface area contributed by atoms with E-state index >= 15 is 0 Å². The molecule has 2 rings (SSSR count). The van der Waals surface area contributed by atoms with E-state index in [4.69, 9.17) is 5.73 Å². The predicted molar refractivity (Wildman–Crippen MR) is 95.9 cm³/mol. The zero-order valence-corrected chi connectivity index (χ0v) is 16.6. The first-order valence-electron chi connectivity index (χ1n) is 8.80. The average Bonchev–Trinajstić information content (AvgIpc) is 2.59. The number of carbonyl (C=O) groups is 2. The molecule has 0 fully saturated rings. The van der Waals surface area contributed by atoms with E-state index in [0.717, 1.165) is 0 Å². The Kier molecular flexibility index (Phi) is 6.60. The van der Waals surface area contributed by atoms with Crippen molar-refractivity contribution in [1.29, 1.82) is 0 Å². The third-order valence-electron chi connectivity index (χ3n) is 4.37. The minimum atomic E-state index is -5.31. The van der Waals surface area contributed by atoms with Gasteiger partial charge in [-0.3, -0.25) is 10.1 Å². The molecule has 0 saturated heterocycles. The van der Waals surface area contributed by atoms with Crippen LogP contribution in [0.3, 0.4) is 0 Å². The number of fused-ring (bicyclic) bond motifs is 1. The van der Waals surface area contributed by atoms with Crippen molar-refractivity contribution < 1.29 is 35.9 Å². The van der Waals surface area contributed by atoms with Crippen LogP contribution in [0.1, 0.15) is 37.8 Å². The second-order valence-corrected chi connectivity index (χ2v) is 8.47. The van der Waals surface area contributed by atoms with Crippen molar-refractivity contribution in [2.24, 2.45) is 5.73 Å². The topological polar surface area (TPSA) is 128 Å². The molecule has 12 heteroatoms. The quantitative estimate of drug-likeness (QED) is 0.568. The van der Waals surface area contributed by atoms with Crippen molar-refractivity contribution in [1.82, 2.24) is 10.0 Å². The minimum Gasteiger partial charge on any atom is -0.446 e. The zero-order valence-electron chi connectivity index (χ0n) is 15.8. The number of ether oxygens (including phenoxy) is 1. The molecule has 29 heavy (non-hydrogen) atoms. The van der Waals surface area contributed by atoms with E-state index in [2.05, 4.69) is 10.1 Å². The fourth-order valence-electron chi connectivity index (χ4n) is 3.10. The number of nitrogens with two attached hydrogens (primary N) is 1. The molecule has 0 aliphatic carbocycles. The van der Waals surface area contributed by atoms with Gasteiger partial charge in [0.25, 0.3) is 15.9 Å². The van der Waals surface area contributed by atoms with Crippen molar-refractivity contribution in [3.05, 3.63) is 29.3 Å². The monoisotopic (exact) mass is 437 g/mol. The zero-order chi connectivity index (χ0) is 22.0. The maximum absolute atomic E-state index is 12.8. The summed E-state index contributed by atoms with van der Waals surface area (Å²) in [4.78, 5) is 23.1. The lowest BCUT2D eigenvalue weighted by Gasteiger charge is -2.35. The Bertz CT molecular complexity index is 900. The molecule has 1 aliphatic rings.